The zero-order chi connectivity index (χ0) is 11.4. The normalized spacial score (nSPS) is 38.9. The molecule has 0 aromatic heterocycles. The van der Waals surface area contributed by atoms with Gasteiger partial charge in [0.25, 0.3) is 0 Å². The van der Waals surface area contributed by atoms with Gasteiger partial charge in [-0.25, -0.2) is 0 Å². The first kappa shape index (κ1) is 9.85. The van der Waals surface area contributed by atoms with Gasteiger partial charge in [-0.3, -0.25) is 4.79 Å². The molecule has 1 aliphatic rings. The van der Waals surface area contributed by atoms with Crippen molar-refractivity contribution < 1.29 is 26.2 Å². The van der Waals surface area contributed by atoms with Crippen molar-refractivity contribution in [1.82, 2.24) is 5.32 Å². The third kappa shape index (κ3) is 2.42. The van der Waals surface area contributed by atoms with E-state index < -0.39 is 43.8 Å². The zero-order valence-electron chi connectivity index (χ0n) is 8.59. The molecule has 14 heavy (non-hydrogen) atoms. The van der Waals surface area contributed by atoms with Gasteiger partial charge in [0, 0.05) is 8.27 Å². The number of rotatable bonds is 2. The molecule has 1 amide bonds. The maximum absolute atomic E-state index is 10.9. The Morgan fingerprint density at radius 3 is 2.93 bits per heavy atom. The molecule has 1 heterocycles. The van der Waals surface area contributed by atoms with E-state index in [1.807, 2.05) is 0 Å². The molecule has 1 saturated heterocycles. The quantitative estimate of drug-likeness (QED) is 0.404. The van der Waals surface area contributed by atoms with E-state index in [4.69, 9.17) is 11.2 Å². The van der Waals surface area contributed by atoms with Gasteiger partial charge in [-0.1, -0.05) is 0 Å². The second-order valence-corrected chi connectivity index (χ2v) is 3.21. The van der Waals surface area contributed by atoms with Crippen LogP contribution in [0.25, 0.3) is 0 Å². The van der Waals surface area contributed by atoms with Gasteiger partial charge in [-0.05, 0) is 0 Å². The molecule has 0 unspecified atom stereocenters. The molecule has 0 saturated carbocycles. The van der Waals surface area contributed by atoms with Crippen LogP contribution in [-0.2, 0) is 9.53 Å². The molecule has 4 atom stereocenters. The van der Waals surface area contributed by atoms with Crippen LogP contribution in [0.15, 0.2) is 0 Å². The van der Waals surface area contributed by atoms with Gasteiger partial charge < -0.3 is 25.4 Å². The molecular weight excluding hydrogens is 190 g/mol. The topological polar surface area (TPSA) is 99.0 Å². The van der Waals surface area contributed by atoms with Crippen molar-refractivity contribution in [3.63, 3.8) is 0 Å². The molecule has 6 nitrogen and oxygen atoms in total. The molecule has 6 heteroatoms. The van der Waals surface area contributed by atoms with Gasteiger partial charge in [-0.2, -0.15) is 0 Å². The number of hydrogen-bond acceptors (Lipinski definition) is 5. The van der Waals surface area contributed by atoms with Gasteiger partial charge in [0.2, 0.25) is 5.91 Å². The number of carbonyl (C=O) groups is 1. The summed E-state index contributed by atoms with van der Waals surface area (Å²) >= 11 is 0. The molecule has 0 spiro atoms. The summed E-state index contributed by atoms with van der Waals surface area (Å²) in [7, 11) is 0. The molecule has 1 aliphatic heterocycles. The monoisotopic (exact) mass is 206 g/mol. The van der Waals surface area contributed by atoms with Gasteiger partial charge in [0.1, 0.15) is 18.3 Å². The predicted molar refractivity (Wildman–Crippen MR) is 46.4 cm³/mol. The van der Waals surface area contributed by atoms with Crippen molar-refractivity contribution in [2.24, 2.45) is 0 Å². The Morgan fingerprint density at radius 1 is 1.64 bits per heavy atom. The third-order valence-corrected chi connectivity index (χ3v) is 2.16. The highest BCUT2D eigenvalue weighted by molar-refractivity contribution is 5.73. The van der Waals surface area contributed by atoms with Crippen LogP contribution in [0.1, 0.15) is 8.27 Å². The second-order valence-electron chi connectivity index (χ2n) is 3.21. The molecule has 82 valence electrons. The van der Waals surface area contributed by atoms with Gasteiger partial charge >= 0.3 is 0 Å². The molecule has 0 bridgehead atoms. The maximum Gasteiger partial charge on any atom is 0.217 e. The van der Waals surface area contributed by atoms with E-state index in [1.54, 1.807) is 0 Å². The first-order valence-corrected chi connectivity index (χ1v) is 4.27. The Balaban J connectivity index is 2.52. The largest absolute Gasteiger partial charge is 0.394 e. The molecule has 4 N–H and O–H groups in total. The minimum Gasteiger partial charge on any atom is -0.394 e. The maximum atomic E-state index is 10.9. The Labute approximate surface area is 82.9 Å². The Morgan fingerprint density at radius 2 is 2.36 bits per heavy atom. The number of aliphatic hydroxyl groups excluding tert-OH is 3. The Kier molecular flexibility index (Phi) is 3.30. The van der Waals surface area contributed by atoms with Crippen LogP contribution < -0.4 is 5.32 Å². The summed E-state index contributed by atoms with van der Waals surface area (Å²) in [5.41, 5.74) is 0. The average molecular weight is 206 g/mol. The lowest BCUT2D eigenvalue weighted by atomic mass is 9.98. The lowest BCUT2D eigenvalue weighted by molar-refractivity contribution is -0.164. The van der Waals surface area contributed by atoms with Crippen LogP contribution in [0, 0.1) is 0 Å². The van der Waals surface area contributed by atoms with Crippen LogP contribution in [0.3, 0.4) is 0 Å². The number of carbonyl (C=O) groups excluding carboxylic acids is 1. The molecule has 0 aromatic carbocycles. The minimum atomic E-state index is -1.24. The van der Waals surface area contributed by atoms with Crippen molar-refractivity contribution in [3.8, 4) is 0 Å². The summed E-state index contributed by atoms with van der Waals surface area (Å²) in [6.07, 6.45) is -3.25. The number of amides is 1. The fourth-order valence-electron chi connectivity index (χ4n) is 1.38. The summed E-state index contributed by atoms with van der Waals surface area (Å²) in [5.74, 6) is -0.544. The van der Waals surface area contributed by atoms with E-state index in [1.165, 1.54) is 0 Å². The highest BCUT2D eigenvalue weighted by atomic mass is 16.5. The molecule has 1 rings (SSSR count). The van der Waals surface area contributed by atoms with Crippen LogP contribution in [-0.4, -0.2) is 58.8 Å². The van der Waals surface area contributed by atoms with Crippen LogP contribution in [0.4, 0.5) is 0 Å². The van der Waals surface area contributed by atoms with Gasteiger partial charge in [0.05, 0.1) is 19.3 Å². The number of aliphatic hydroxyl groups is 3. The summed E-state index contributed by atoms with van der Waals surface area (Å²) in [4.78, 5) is 10.9. The highest BCUT2D eigenvalue weighted by Crippen LogP contribution is 2.14. The van der Waals surface area contributed by atoms with Crippen molar-refractivity contribution in [2.75, 3.05) is 13.2 Å². The molecule has 0 aromatic rings. The predicted octanol–water partition coefficient (Wildman–Crippen LogP) is -2.40. The fraction of sp³-hybridized carbons (Fsp3) is 0.875. The van der Waals surface area contributed by atoms with Crippen LogP contribution in [0.2, 0.25) is 0 Å². The molecule has 0 aliphatic carbocycles. The lowest BCUT2D eigenvalue weighted by Crippen LogP contribution is -2.59. The van der Waals surface area contributed by atoms with E-state index in [0.717, 1.165) is 0 Å². The summed E-state index contributed by atoms with van der Waals surface area (Å²) in [6, 6.07) is -0.736. The zero-order valence-corrected chi connectivity index (χ0v) is 7.59. The first-order valence-electron chi connectivity index (χ1n) is 4.98. The number of nitrogens with one attached hydrogen (secondary N) is 1. The smallest absolute Gasteiger partial charge is 0.217 e. The molecular formula is C8H15NO5. The van der Waals surface area contributed by atoms with Crippen molar-refractivity contribution in [1.29, 1.82) is 0 Å². The van der Waals surface area contributed by atoms with E-state index >= 15 is 0 Å². The average Bonchev–Trinajstić information content (AvgIpc) is 2.25. The van der Waals surface area contributed by atoms with Crippen LogP contribution >= 0.6 is 0 Å². The van der Waals surface area contributed by atoms with Crippen molar-refractivity contribution in [3.05, 3.63) is 0 Å². The molecule has 0 radical (unpaired) electrons. The SMILES string of the molecule is [2H]CC(=O)N[C@H]1CO[C@H](CO)[C@@H](O)[C@@H]1O. The van der Waals surface area contributed by atoms with Crippen molar-refractivity contribution >= 4 is 5.91 Å². The fourth-order valence-corrected chi connectivity index (χ4v) is 1.38. The lowest BCUT2D eigenvalue weighted by Gasteiger charge is -2.36. The third-order valence-electron chi connectivity index (χ3n) is 2.16. The van der Waals surface area contributed by atoms with E-state index in [0.29, 0.717) is 0 Å². The van der Waals surface area contributed by atoms with Gasteiger partial charge in [0.15, 0.2) is 0 Å². The number of ether oxygens (including phenoxy) is 1. The standard InChI is InChI=1S/C8H15NO5/c1-4(11)9-5-3-14-6(2-10)8(13)7(5)12/h5-8,10,12-13H,2-3H2,1H3,(H,9,11)/t5-,6+,7+,8+/m0/s1/i1D. The second kappa shape index (κ2) is 4.70. The number of hydrogen-bond donors (Lipinski definition) is 4. The Hall–Kier alpha value is -0.690. The summed E-state index contributed by atoms with van der Waals surface area (Å²) in [5, 5.41) is 30.2. The van der Waals surface area contributed by atoms with Crippen molar-refractivity contribution in [2.45, 2.75) is 31.3 Å². The summed E-state index contributed by atoms with van der Waals surface area (Å²) in [6.45, 7) is -0.824. The van der Waals surface area contributed by atoms with Crippen LogP contribution in [0.5, 0.6) is 0 Å². The van der Waals surface area contributed by atoms with Gasteiger partial charge in [-0.15, -0.1) is 0 Å². The first-order chi connectivity index (χ1) is 7.10. The minimum absolute atomic E-state index is 0.00912. The van der Waals surface area contributed by atoms with E-state index in [2.05, 4.69) is 5.32 Å². The molecule has 1 fully saturated rings. The Bertz CT molecular complexity index is 227. The van der Waals surface area contributed by atoms with E-state index in [-0.39, 0.29) is 6.61 Å². The highest BCUT2D eigenvalue weighted by Gasteiger charge is 2.38. The summed E-state index contributed by atoms with van der Waals surface area (Å²) < 4.78 is 11.8. The van der Waals surface area contributed by atoms with E-state index in [9.17, 15) is 15.0 Å².